The van der Waals surface area contributed by atoms with Gasteiger partial charge in [0.05, 0.1) is 17.1 Å². The summed E-state index contributed by atoms with van der Waals surface area (Å²) >= 11 is 0. The third kappa shape index (κ3) is 5.69. The molecule has 0 unspecified atom stereocenters. The Morgan fingerprint density at radius 1 is 0.317 bits per heavy atom. The Bertz CT molecular complexity index is 3220. The monoisotopic (exact) mass is 765 g/mol. The molecule has 0 fully saturated rings. The molecule has 0 amide bonds. The fraction of sp³-hybridized carbons (Fsp3) is 0.0508. The molecule has 0 saturated carbocycles. The Morgan fingerprint density at radius 2 is 0.817 bits per heavy atom. The quantitative estimate of drug-likeness (QED) is 0.156. The molecule has 0 spiro atoms. The average molecular weight is 766 g/mol. The predicted molar refractivity (Wildman–Crippen MR) is 255 cm³/mol. The van der Waals surface area contributed by atoms with Crippen LogP contribution in [0.5, 0.6) is 0 Å². The van der Waals surface area contributed by atoms with Crippen LogP contribution < -0.4 is 4.90 Å². The van der Waals surface area contributed by atoms with Crippen LogP contribution >= 0.6 is 0 Å². The fourth-order valence-electron chi connectivity index (χ4n) is 10.0. The van der Waals surface area contributed by atoms with Gasteiger partial charge in [0.15, 0.2) is 0 Å². The van der Waals surface area contributed by atoms with Gasteiger partial charge >= 0.3 is 0 Å². The van der Waals surface area contributed by atoms with Gasteiger partial charge in [-0.25, -0.2) is 0 Å². The van der Waals surface area contributed by atoms with Crippen molar-refractivity contribution in [2.45, 2.75) is 19.3 Å². The molecule has 10 aromatic carbocycles. The van der Waals surface area contributed by atoms with Crippen molar-refractivity contribution in [3.63, 3.8) is 0 Å². The molecular weight excluding hydrogens is 723 g/mol. The molecule has 1 nitrogen and oxygen atoms in total. The maximum Gasteiger partial charge on any atom is 0.0540 e. The summed E-state index contributed by atoms with van der Waals surface area (Å²) in [6, 6.07) is 82.4. The molecule has 10 aromatic rings. The highest BCUT2D eigenvalue weighted by Crippen LogP contribution is 2.56. The number of rotatable bonds is 7. The van der Waals surface area contributed by atoms with Crippen LogP contribution in [0.3, 0.4) is 0 Å². The minimum atomic E-state index is -0.223. The highest BCUT2D eigenvalue weighted by Gasteiger charge is 2.39. The second-order valence-electron chi connectivity index (χ2n) is 16.4. The SMILES string of the molecule is CC1(C)c2ccccc2-c2cccc(N(c3ccccc3-c3ccccc3)c3cccc4c(-c5c(-c6ccccc6)ccc6cccc(-c7ccccc7)c56)cccc34)c21. The van der Waals surface area contributed by atoms with E-state index >= 15 is 0 Å². The maximum atomic E-state index is 2.55. The third-order valence-corrected chi connectivity index (χ3v) is 12.7. The van der Waals surface area contributed by atoms with Crippen molar-refractivity contribution in [3.05, 3.63) is 236 Å². The van der Waals surface area contributed by atoms with Crippen LogP contribution in [-0.2, 0) is 5.41 Å². The lowest BCUT2D eigenvalue weighted by atomic mass is 9.81. The standard InChI is InChI=1S/C59H43N/c1-59(2)52-34-14-12-28-48(52)51-33-19-37-55(58(51)59)60(53-35-15-13-27-44(53)40-20-6-3-7-21-40)54-36-18-30-47-49(54)31-17-32-50(47)57-46(42-24-10-5-11-25-42)39-38-43-26-16-29-45(56(43)57)41-22-8-4-9-23-41/h3-39H,1-2H3. The number of benzene rings is 10. The van der Waals surface area contributed by atoms with Crippen molar-refractivity contribution in [2.24, 2.45) is 0 Å². The van der Waals surface area contributed by atoms with Crippen molar-refractivity contribution in [2.75, 3.05) is 4.90 Å². The summed E-state index contributed by atoms with van der Waals surface area (Å²) in [7, 11) is 0. The normalized spacial score (nSPS) is 12.6. The predicted octanol–water partition coefficient (Wildman–Crippen LogP) is 16.4. The first kappa shape index (κ1) is 35.7. The number of nitrogens with zero attached hydrogens (tertiary/aromatic N) is 1. The zero-order valence-corrected chi connectivity index (χ0v) is 33.8. The maximum absolute atomic E-state index is 2.55. The van der Waals surface area contributed by atoms with Crippen LogP contribution in [0.1, 0.15) is 25.0 Å². The molecule has 1 aliphatic carbocycles. The first-order chi connectivity index (χ1) is 29.6. The molecule has 1 aliphatic rings. The summed E-state index contributed by atoms with van der Waals surface area (Å²) < 4.78 is 0. The van der Waals surface area contributed by atoms with E-state index in [4.69, 9.17) is 0 Å². The molecule has 284 valence electrons. The van der Waals surface area contributed by atoms with Crippen LogP contribution in [-0.4, -0.2) is 0 Å². The average Bonchev–Trinajstić information content (AvgIpc) is 3.55. The van der Waals surface area contributed by atoms with E-state index in [1.807, 2.05) is 0 Å². The van der Waals surface area contributed by atoms with Gasteiger partial charge in [-0.15, -0.1) is 0 Å². The lowest BCUT2D eigenvalue weighted by Crippen LogP contribution is -2.21. The Kier molecular flexibility index (Phi) is 8.57. The second kappa shape index (κ2) is 14.4. The summed E-state index contributed by atoms with van der Waals surface area (Å²) in [5.41, 5.74) is 18.3. The van der Waals surface area contributed by atoms with Gasteiger partial charge in [-0.1, -0.05) is 220 Å². The van der Waals surface area contributed by atoms with Crippen molar-refractivity contribution < 1.29 is 0 Å². The molecule has 0 saturated heterocycles. The summed E-state index contributed by atoms with van der Waals surface area (Å²) in [5.74, 6) is 0. The third-order valence-electron chi connectivity index (χ3n) is 12.7. The molecule has 0 aromatic heterocycles. The Balaban J connectivity index is 1.23. The first-order valence-corrected chi connectivity index (χ1v) is 20.9. The molecule has 0 bridgehead atoms. The number of anilines is 3. The number of para-hydroxylation sites is 1. The van der Waals surface area contributed by atoms with E-state index in [9.17, 15) is 0 Å². The van der Waals surface area contributed by atoms with Crippen LogP contribution in [0.4, 0.5) is 17.1 Å². The van der Waals surface area contributed by atoms with Crippen LogP contribution in [0.15, 0.2) is 224 Å². The summed E-state index contributed by atoms with van der Waals surface area (Å²) in [4.78, 5) is 2.55. The van der Waals surface area contributed by atoms with E-state index in [2.05, 4.69) is 243 Å². The molecular formula is C59H43N. The molecule has 60 heavy (non-hydrogen) atoms. The minimum absolute atomic E-state index is 0.223. The smallest absolute Gasteiger partial charge is 0.0540 e. The molecule has 0 atom stereocenters. The van der Waals surface area contributed by atoms with Gasteiger partial charge in [0.1, 0.15) is 0 Å². The Hall–Kier alpha value is -7.48. The zero-order valence-electron chi connectivity index (χ0n) is 33.8. The number of hydrogen-bond acceptors (Lipinski definition) is 1. The van der Waals surface area contributed by atoms with Gasteiger partial charge in [0.25, 0.3) is 0 Å². The van der Waals surface area contributed by atoms with E-state index in [0.29, 0.717) is 0 Å². The summed E-state index contributed by atoms with van der Waals surface area (Å²) in [6.07, 6.45) is 0. The van der Waals surface area contributed by atoms with Crippen LogP contribution in [0.2, 0.25) is 0 Å². The highest BCUT2D eigenvalue weighted by atomic mass is 15.2. The van der Waals surface area contributed by atoms with Gasteiger partial charge in [-0.05, 0) is 95.6 Å². The van der Waals surface area contributed by atoms with Crippen LogP contribution in [0, 0.1) is 0 Å². The summed E-state index contributed by atoms with van der Waals surface area (Å²) in [6.45, 7) is 4.78. The van der Waals surface area contributed by atoms with Gasteiger partial charge in [-0.3, -0.25) is 0 Å². The lowest BCUT2D eigenvalue weighted by molar-refractivity contribution is 0.661. The van der Waals surface area contributed by atoms with Gasteiger partial charge in [0.2, 0.25) is 0 Å². The van der Waals surface area contributed by atoms with Crippen LogP contribution in [0.25, 0.3) is 77.2 Å². The largest absolute Gasteiger partial charge is 0.309 e. The fourth-order valence-corrected chi connectivity index (χ4v) is 10.0. The molecule has 0 heterocycles. The molecule has 0 aliphatic heterocycles. The van der Waals surface area contributed by atoms with Crippen molar-refractivity contribution in [1.82, 2.24) is 0 Å². The zero-order chi connectivity index (χ0) is 40.2. The lowest BCUT2D eigenvalue weighted by Gasteiger charge is -2.34. The minimum Gasteiger partial charge on any atom is -0.309 e. The van der Waals surface area contributed by atoms with Crippen molar-refractivity contribution in [3.8, 4) is 55.6 Å². The van der Waals surface area contributed by atoms with Gasteiger partial charge in [0, 0.05) is 16.4 Å². The second-order valence-corrected chi connectivity index (χ2v) is 16.4. The molecule has 1 heteroatoms. The van der Waals surface area contributed by atoms with E-state index in [-0.39, 0.29) is 5.41 Å². The molecule has 0 radical (unpaired) electrons. The van der Waals surface area contributed by atoms with E-state index in [1.165, 1.54) is 94.0 Å². The number of hydrogen-bond donors (Lipinski definition) is 0. The van der Waals surface area contributed by atoms with Crippen molar-refractivity contribution in [1.29, 1.82) is 0 Å². The van der Waals surface area contributed by atoms with E-state index < -0.39 is 0 Å². The van der Waals surface area contributed by atoms with E-state index in [0.717, 1.165) is 11.4 Å². The van der Waals surface area contributed by atoms with Crippen molar-refractivity contribution >= 4 is 38.6 Å². The Labute approximate surface area is 352 Å². The summed E-state index contributed by atoms with van der Waals surface area (Å²) in [5, 5.41) is 4.88. The Morgan fingerprint density at radius 3 is 1.57 bits per heavy atom. The van der Waals surface area contributed by atoms with Gasteiger partial charge in [-0.2, -0.15) is 0 Å². The molecule has 0 N–H and O–H groups in total. The number of fused-ring (bicyclic) bond motifs is 5. The topological polar surface area (TPSA) is 3.24 Å². The highest BCUT2D eigenvalue weighted by molar-refractivity contribution is 6.17. The first-order valence-electron chi connectivity index (χ1n) is 20.9. The molecule has 11 rings (SSSR count). The van der Waals surface area contributed by atoms with E-state index in [1.54, 1.807) is 0 Å². The van der Waals surface area contributed by atoms with Gasteiger partial charge < -0.3 is 4.90 Å².